The quantitative estimate of drug-likeness (QED) is 0.800. The molecule has 24 heavy (non-hydrogen) atoms. The first kappa shape index (κ1) is 17.0. The van der Waals surface area contributed by atoms with Gasteiger partial charge in [0.2, 0.25) is 5.89 Å². The van der Waals surface area contributed by atoms with Crippen molar-refractivity contribution in [1.29, 1.82) is 0 Å². The number of rotatable bonds is 6. The van der Waals surface area contributed by atoms with Crippen molar-refractivity contribution in [2.75, 3.05) is 33.3 Å². The summed E-state index contributed by atoms with van der Waals surface area (Å²) in [6.07, 6.45) is 4.76. The third kappa shape index (κ3) is 4.59. The second kappa shape index (κ2) is 8.32. The van der Waals surface area contributed by atoms with Gasteiger partial charge in [-0.25, -0.2) is 0 Å². The van der Waals surface area contributed by atoms with Crippen LogP contribution >= 0.6 is 0 Å². The number of hydrogen-bond acceptors (Lipinski definition) is 7. The molecule has 3 heterocycles. The number of methoxy groups -OCH3 is 1. The summed E-state index contributed by atoms with van der Waals surface area (Å²) in [6, 6.07) is 4.13. The number of nitrogens with zero attached hydrogens (tertiary/aromatic N) is 5. The highest BCUT2D eigenvalue weighted by molar-refractivity contribution is 5.08. The van der Waals surface area contributed by atoms with Crippen molar-refractivity contribution in [2.45, 2.75) is 32.5 Å². The molecule has 0 saturated carbocycles. The van der Waals surface area contributed by atoms with Gasteiger partial charge in [0, 0.05) is 39.1 Å². The van der Waals surface area contributed by atoms with E-state index in [4.69, 9.17) is 9.26 Å². The summed E-state index contributed by atoms with van der Waals surface area (Å²) in [5.74, 6) is 1.27. The lowest BCUT2D eigenvalue weighted by Crippen LogP contribution is -2.30. The largest absolute Gasteiger partial charge is 0.374 e. The zero-order chi connectivity index (χ0) is 16.8. The SMILES string of the molecule is CO[C@@H](C)c1noc(CN2CCCN(Cc3cccnc3)CC2)n1. The summed E-state index contributed by atoms with van der Waals surface area (Å²) >= 11 is 0. The Morgan fingerprint density at radius 1 is 1.21 bits per heavy atom. The van der Waals surface area contributed by atoms with Crippen LogP contribution < -0.4 is 0 Å². The van der Waals surface area contributed by atoms with E-state index in [1.807, 2.05) is 25.4 Å². The molecule has 0 N–H and O–H groups in total. The molecule has 0 amide bonds. The van der Waals surface area contributed by atoms with Gasteiger partial charge in [-0.2, -0.15) is 4.98 Å². The van der Waals surface area contributed by atoms with Gasteiger partial charge in [0.15, 0.2) is 5.82 Å². The van der Waals surface area contributed by atoms with Crippen LogP contribution in [-0.4, -0.2) is 58.2 Å². The fourth-order valence-corrected chi connectivity index (χ4v) is 2.88. The van der Waals surface area contributed by atoms with E-state index in [2.05, 4.69) is 31.0 Å². The van der Waals surface area contributed by atoms with E-state index in [0.717, 1.165) is 39.1 Å². The van der Waals surface area contributed by atoms with E-state index in [-0.39, 0.29) is 6.10 Å². The number of ether oxygens (including phenoxy) is 1. The summed E-state index contributed by atoms with van der Waals surface area (Å²) in [7, 11) is 1.65. The Hall–Kier alpha value is -1.83. The van der Waals surface area contributed by atoms with Gasteiger partial charge >= 0.3 is 0 Å². The zero-order valence-corrected chi connectivity index (χ0v) is 14.4. The maximum atomic E-state index is 5.35. The number of pyridine rings is 1. The highest BCUT2D eigenvalue weighted by Gasteiger charge is 2.19. The predicted molar refractivity (Wildman–Crippen MR) is 89.1 cm³/mol. The molecule has 1 atom stereocenters. The highest BCUT2D eigenvalue weighted by Crippen LogP contribution is 2.14. The monoisotopic (exact) mass is 331 g/mol. The van der Waals surface area contributed by atoms with Crippen LogP contribution in [0.5, 0.6) is 0 Å². The minimum atomic E-state index is -0.137. The predicted octanol–water partition coefficient (Wildman–Crippen LogP) is 1.88. The maximum Gasteiger partial charge on any atom is 0.240 e. The Morgan fingerprint density at radius 3 is 2.71 bits per heavy atom. The first-order valence-corrected chi connectivity index (χ1v) is 8.43. The molecule has 1 aliphatic heterocycles. The van der Waals surface area contributed by atoms with Crippen molar-refractivity contribution >= 4 is 0 Å². The third-order valence-electron chi connectivity index (χ3n) is 4.37. The zero-order valence-electron chi connectivity index (χ0n) is 14.4. The molecule has 1 fully saturated rings. The summed E-state index contributed by atoms with van der Waals surface area (Å²) in [4.78, 5) is 13.5. The summed E-state index contributed by atoms with van der Waals surface area (Å²) in [5.41, 5.74) is 1.26. The van der Waals surface area contributed by atoms with E-state index in [1.54, 1.807) is 7.11 Å². The Bertz CT molecular complexity index is 618. The molecule has 7 nitrogen and oxygen atoms in total. The molecule has 0 spiro atoms. The van der Waals surface area contributed by atoms with Crippen molar-refractivity contribution in [3.63, 3.8) is 0 Å². The van der Waals surface area contributed by atoms with Crippen LogP contribution in [0.1, 0.15) is 36.7 Å². The van der Waals surface area contributed by atoms with Crippen LogP contribution in [0.3, 0.4) is 0 Å². The minimum absolute atomic E-state index is 0.137. The second-order valence-corrected chi connectivity index (χ2v) is 6.19. The Balaban J connectivity index is 1.51. The van der Waals surface area contributed by atoms with E-state index in [1.165, 1.54) is 5.56 Å². The van der Waals surface area contributed by atoms with Crippen molar-refractivity contribution in [1.82, 2.24) is 24.9 Å². The van der Waals surface area contributed by atoms with Gasteiger partial charge in [-0.05, 0) is 38.1 Å². The van der Waals surface area contributed by atoms with Gasteiger partial charge < -0.3 is 9.26 Å². The Morgan fingerprint density at radius 2 is 2.00 bits per heavy atom. The molecular formula is C17H25N5O2. The van der Waals surface area contributed by atoms with Crippen molar-refractivity contribution in [3.05, 3.63) is 41.8 Å². The molecule has 130 valence electrons. The molecule has 0 bridgehead atoms. The summed E-state index contributed by atoms with van der Waals surface area (Å²) in [6.45, 7) is 7.74. The maximum absolute atomic E-state index is 5.35. The molecule has 0 aliphatic carbocycles. The molecule has 2 aromatic heterocycles. The fourth-order valence-electron chi connectivity index (χ4n) is 2.88. The van der Waals surface area contributed by atoms with Crippen molar-refractivity contribution < 1.29 is 9.26 Å². The molecule has 7 heteroatoms. The van der Waals surface area contributed by atoms with E-state index in [0.29, 0.717) is 18.3 Å². The van der Waals surface area contributed by atoms with Crippen LogP contribution in [-0.2, 0) is 17.8 Å². The summed E-state index contributed by atoms with van der Waals surface area (Å²) < 4.78 is 10.6. The van der Waals surface area contributed by atoms with Crippen LogP contribution in [0.15, 0.2) is 29.0 Å². The standard InChI is InChI=1S/C17H25N5O2/c1-14(23-2)17-19-16(24-20-17)13-22-8-4-7-21(9-10-22)12-15-5-3-6-18-11-15/h3,5-6,11,14H,4,7-10,12-13H2,1-2H3/t14-/m0/s1. The van der Waals surface area contributed by atoms with Gasteiger partial charge in [0.1, 0.15) is 6.10 Å². The van der Waals surface area contributed by atoms with Crippen LogP contribution in [0, 0.1) is 0 Å². The Labute approximate surface area is 142 Å². The number of aromatic nitrogens is 3. The number of hydrogen-bond donors (Lipinski definition) is 0. The molecule has 0 aromatic carbocycles. The minimum Gasteiger partial charge on any atom is -0.374 e. The Kier molecular flexibility index (Phi) is 5.90. The molecular weight excluding hydrogens is 306 g/mol. The molecule has 2 aromatic rings. The smallest absolute Gasteiger partial charge is 0.240 e. The van der Waals surface area contributed by atoms with E-state index >= 15 is 0 Å². The van der Waals surface area contributed by atoms with E-state index in [9.17, 15) is 0 Å². The molecule has 0 unspecified atom stereocenters. The average Bonchev–Trinajstić information content (AvgIpc) is 2.97. The van der Waals surface area contributed by atoms with Gasteiger partial charge in [-0.15, -0.1) is 0 Å². The van der Waals surface area contributed by atoms with Crippen LogP contribution in [0.25, 0.3) is 0 Å². The average molecular weight is 331 g/mol. The highest BCUT2D eigenvalue weighted by atomic mass is 16.5. The summed E-state index contributed by atoms with van der Waals surface area (Å²) in [5, 5.41) is 3.99. The molecule has 3 rings (SSSR count). The molecule has 0 radical (unpaired) electrons. The lowest BCUT2D eigenvalue weighted by molar-refractivity contribution is 0.109. The second-order valence-electron chi connectivity index (χ2n) is 6.19. The lowest BCUT2D eigenvalue weighted by Gasteiger charge is -2.20. The van der Waals surface area contributed by atoms with Crippen molar-refractivity contribution in [3.8, 4) is 0 Å². The van der Waals surface area contributed by atoms with Gasteiger partial charge in [0.05, 0.1) is 6.54 Å². The fraction of sp³-hybridized carbons (Fsp3) is 0.588. The first-order valence-electron chi connectivity index (χ1n) is 8.43. The van der Waals surface area contributed by atoms with Gasteiger partial charge in [-0.3, -0.25) is 14.8 Å². The molecule has 1 saturated heterocycles. The van der Waals surface area contributed by atoms with Gasteiger partial charge in [-0.1, -0.05) is 11.2 Å². The van der Waals surface area contributed by atoms with Crippen molar-refractivity contribution in [2.24, 2.45) is 0 Å². The van der Waals surface area contributed by atoms with Crippen LogP contribution in [0.2, 0.25) is 0 Å². The van der Waals surface area contributed by atoms with E-state index < -0.39 is 0 Å². The van der Waals surface area contributed by atoms with Gasteiger partial charge in [0.25, 0.3) is 0 Å². The van der Waals surface area contributed by atoms with Crippen LogP contribution in [0.4, 0.5) is 0 Å². The third-order valence-corrected chi connectivity index (χ3v) is 4.37. The normalized spacial score (nSPS) is 18.4. The first-order chi connectivity index (χ1) is 11.7. The topological polar surface area (TPSA) is 67.5 Å². The molecule has 1 aliphatic rings. The lowest BCUT2D eigenvalue weighted by atomic mass is 10.2.